The van der Waals surface area contributed by atoms with Gasteiger partial charge >= 0.3 is 0 Å². The first-order valence-electron chi connectivity index (χ1n) is 10.6. The van der Waals surface area contributed by atoms with Crippen molar-refractivity contribution in [2.45, 2.75) is 38.9 Å². The molecular formula is C25H22N2O5. The number of aliphatic hydroxyl groups is 1. The second-order valence-corrected chi connectivity index (χ2v) is 9.04. The number of nitrogens with zero attached hydrogens (tertiary/aromatic N) is 2. The van der Waals surface area contributed by atoms with Gasteiger partial charge in [-0.1, -0.05) is 29.8 Å². The van der Waals surface area contributed by atoms with Gasteiger partial charge in [0.1, 0.15) is 5.76 Å². The normalized spacial score (nSPS) is 30.5. The highest BCUT2D eigenvalue weighted by Crippen LogP contribution is 2.60. The third-order valence-corrected chi connectivity index (χ3v) is 7.19. The van der Waals surface area contributed by atoms with Crippen molar-refractivity contribution in [3.63, 3.8) is 0 Å². The fourth-order valence-corrected chi connectivity index (χ4v) is 6.08. The van der Waals surface area contributed by atoms with Crippen LogP contribution in [0.1, 0.15) is 33.7 Å². The zero-order valence-corrected chi connectivity index (χ0v) is 17.9. The Labute approximate surface area is 185 Å². The SMILES string of the molecule is Cc1cc(C)c(C2=C(O)[C@H]3[C@H]4O[C@@H]([C@H]3C2=O)[C@H](c2ccc([N+](=O)[O-])cc2)[C@@H]4C#N)c(C)c1. The van der Waals surface area contributed by atoms with E-state index in [-0.39, 0.29) is 23.1 Å². The molecule has 0 saturated carbocycles. The Hall–Kier alpha value is -3.50. The number of non-ortho nitro benzene ring substituents is 1. The first-order chi connectivity index (χ1) is 15.2. The third-order valence-electron chi connectivity index (χ3n) is 7.19. The summed E-state index contributed by atoms with van der Waals surface area (Å²) in [6, 6.07) is 12.4. The van der Waals surface area contributed by atoms with Crippen LogP contribution in [0.3, 0.4) is 0 Å². The van der Waals surface area contributed by atoms with Crippen LogP contribution in [-0.4, -0.2) is 28.0 Å². The number of benzene rings is 2. The molecule has 2 aliphatic heterocycles. The van der Waals surface area contributed by atoms with Gasteiger partial charge in [-0.05, 0) is 43.0 Å². The summed E-state index contributed by atoms with van der Waals surface area (Å²) in [6.07, 6.45) is -1.16. The van der Waals surface area contributed by atoms with Gasteiger partial charge < -0.3 is 9.84 Å². The van der Waals surface area contributed by atoms with Crippen molar-refractivity contribution < 1.29 is 19.6 Å². The molecule has 2 heterocycles. The molecule has 2 aromatic rings. The largest absolute Gasteiger partial charge is 0.511 e. The fourth-order valence-electron chi connectivity index (χ4n) is 6.08. The van der Waals surface area contributed by atoms with Gasteiger partial charge in [0.2, 0.25) is 0 Å². The molecule has 6 atom stereocenters. The molecule has 7 nitrogen and oxygen atoms in total. The van der Waals surface area contributed by atoms with E-state index in [0.29, 0.717) is 5.57 Å². The number of nitro groups is 1. The summed E-state index contributed by atoms with van der Waals surface area (Å²) in [4.78, 5) is 24.2. The minimum atomic E-state index is -0.595. The molecule has 1 N–H and O–H groups in total. The van der Waals surface area contributed by atoms with Gasteiger partial charge in [-0.2, -0.15) is 5.26 Å². The number of allylic oxidation sites excluding steroid dienone is 1. The number of nitriles is 1. The highest BCUT2D eigenvalue weighted by Gasteiger charge is 2.66. The van der Waals surface area contributed by atoms with Crippen LogP contribution in [0.2, 0.25) is 0 Å². The van der Waals surface area contributed by atoms with Crippen LogP contribution < -0.4 is 0 Å². The first-order valence-corrected chi connectivity index (χ1v) is 10.6. The second-order valence-electron chi connectivity index (χ2n) is 9.04. The molecule has 7 heteroatoms. The van der Waals surface area contributed by atoms with E-state index in [4.69, 9.17) is 4.74 Å². The van der Waals surface area contributed by atoms with Gasteiger partial charge in [0.05, 0.1) is 46.5 Å². The van der Waals surface area contributed by atoms with Crippen LogP contribution in [-0.2, 0) is 9.53 Å². The lowest BCUT2D eigenvalue weighted by atomic mass is 9.67. The standard InChI is InChI=1S/C25H22N2O5/c1-11-8-12(2)17(13(3)9-11)19-22(28)20-21(23(19)29)25-18(16(10-26)24(20)32-25)14-4-6-15(7-5-14)27(30)31/h4-9,16,18,20-21,24-25,28H,1-3H3/t16-,18+,20-,21+,24-,25+/m0/s1. The lowest BCUT2D eigenvalue weighted by Crippen LogP contribution is -2.39. The minimum absolute atomic E-state index is 0.0185. The molecule has 0 spiro atoms. The Morgan fingerprint density at radius 1 is 1.03 bits per heavy atom. The van der Waals surface area contributed by atoms with E-state index >= 15 is 0 Å². The van der Waals surface area contributed by atoms with Crippen LogP contribution in [0, 0.1) is 60.0 Å². The highest BCUT2D eigenvalue weighted by molar-refractivity contribution is 6.26. The molecule has 162 valence electrons. The van der Waals surface area contributed by atoms with E-state index in [9.17, 15) is 25.3 Å². The summed E-state index contributed by atoms with van der Waals surface area (Å²) in [5.41, 5.74) is 4.73. The Kier molecular flexibility index (Phi) is 4.47. The predicted molar refractivity (Wildman–Crippen MR) is 116 cm³/mol. The maximum Gasteiger partial charge on any atom is 0.269 e. The lowest BCUT2D eigenvalue weighted by molar-refractivity contribution is -0.384. The number of aryl methyl sites for hydroxylation is 3. The van der Waals surface area contributed by atoms with Crippen LogP contribution in [0.15, 0.2) is 42.2 Å². The number of fused-ring (bicyclic) bond motifs is 5. The van der Waals surface area contributed by atoms with Crippen molar-refractivity contribution in [3.05, 3.63) is 80.1 Å². The number of hydrogen-bond donors (Lipinski definition) is 1. The van der Waals surface area contributed by atoms with Crippen molar-refractivity contribution >= 4 is 17.0 Å². The number of ketones is 1. The van der Waals surface area contributed by atoms with Crippen LogP contribution >= 0.6 is 0 Å². The molecular weight excluding hydrogens is 408 g/mol. The number of nitro benzene ring substituents is 1. The molecule has 0 amide bonds. The first kappa shape index (κ1) is 20.4. The number of carbonyl (C=O) groups excluding carboxylic acids is 1. The Bertz CT molecular complexity index is 1220. The van der Waals surface area contributed by atoms with E-state index in [0.717, 1.165) is 27.8 Å². The van der Waals surface area contributed by atoms with E-state index in [1.165, 1.54) is 12.1 Å². The minimum Gasteiger partial charge on any atom is -0.511 e. The number of ether oxygens (including phenoxy) is 1. The van der Waals surface area contributed by atoms with E-state index in [1.54, 1.807) is 12.1 Å². The number of rotatable bonds is 3. The van der Waals surface area contributed by atoms with E-state index in [2.05, 4.69) is 6.07 Å². The third kappa shape index (κ3) is 2.66. The van der Waals surface area contributed by atoms with E-state index in [1.807, 2.05) is 32.9 Å². The average Bonchev–Trinajstić information content (AvgIpc) is 3.38. The Morgan fingerprint density at radius 3 is 2.22 bits per heavy atom. The average molecular weight is 430 g/mol. The van der Waals surface area contributed by atoms with Gasteiger partial charge in [0.15, 0.2) is 5.78 Å². The van der Waals surface area contributed by atoms with Crippen LogP contribution in [0.4, 0.5) is 5.69 Å². The molecule has 0 aromatic heterocycles. The molecule has 0 unspecified atom stereocenters. The topological polar surface area (TPSA) is 113 Å². The molecule has 2 bridgehead atoms. The molecule has 2 saturated heterocycles. The summed E-state index contributed by atoms with van der Waals surface area (Å²) in [5.74, 6) is -2.19. The van der Waals surface area contributed by atoms with Crippen LogP contribution in [0.25, 0.3) is 5.57 Å². The van der Waals surface area contributed by atoms with Gasteiger partial charge in [0.25, 0.3) is 5.69 Å². The van der Waals surface area contributed by atoms with Crippen molar-refractivity contribution in [3.8, 4) is 6.07 Å². The van der Waals surface area contributed by atoms with Crippen LogP contribution in [0.5, 0.6) is 0 Å². The smallest absolute Gasteiger partial charge is 0.269 e. The zero-order chi connectivity index (χ0) is 22.9. The van der Waals surface area contributed by atoms with Crippen molar-refractivity contribution in [2.75, 3.05) is 0 Å². The number of carbonyl (C=O) groups is 1. The summed E-state index contributed by atoms with van der Waals surface area (Å²) in [5, 5.41) is 32.1. The molecule has 32 heavy (non-hydrogen) atoms. The Balaban J connectivity index is 1.57. The van der Waals surface area contributed by atoms with Gasteiger partial charge in [-0.3, -0.25) is 14.9 Å². The maximum atomic E-state index is 13.6. The fraction of sp³-hybridized carbons (Fsp3) is 0.360. The summed E-state index contributed by atoms with van der Waals surface area (Å²) < 4.78 is 6.12. The Morgan fingerprint density at radius 2 is 1.66 bits per heavy atom. The van der Waals surface area contributed by atoms with Gasteiger partial charge in [-0.25, -0.2) is 0 Å². The van der Waals surface area contributed by atoms with Gasteiger partial charge in [-0.15, -0.1) is 0 Å². The zero-order valence-electron chi connectivity index (χ0n) is 17.9. The quantitative estimate of drug-likeness (QED) is 0.573. The molecule has 5 rings (SSSR count). The predicted octanol–water partition coefficient (Wildman–Crippen LogP) is 4.31. The number of aliphatic hydroxyl groups excluding tert-OH is 1. The second kappa shape index (κ2) is 7.01. The summed E-state index contributed by atoms with van der Waals surface area (Å²) in [6.45, 7) is 5.85. The van der Waals surface area contributed by atoms with Crippen molar-refractivity contribution in [1.82, 2.24) is 0 Å². The molecule has 2 aromatic carbocycles. The van der Waals surface area contributed by atoms with Crippen molar-refractivity contribution in [1.29, 1.82) is 5.26 Å². The molecule has 2 fully saturated rings. The monoisotopic (exact) mass is 430 g/mol. The number of Topliss-reactive ketones (excluding diaryl/α,β-unsaturated/α-hetero) is 1. The lowest BCUT2D eigenvalue weighted by Gasteiger charge is -2.31. The summed E-state index contributed by atoms with van der Waals surface area (Å²) in [7, 11) is 0. The molecule has 3 aliphatic rings. The molecule has 1 aliphatic carbocycles. The van der Waals surface area contributed by atoms with E-state index < -0.39 is 34.9 Å². The van der Waals surface area contributed by atoms with Gasteiger partial charge in [0, 0.05) is 18.1 Å². The highest BCUT2D eigenvalue weighted by atomic mass is 16.6. The molecule has 0 radical (unpaired) electrons. The summed E-state index contributed by atoms with van der Waals surface area (Å²) >= 11 is 0. The van der Waals surface area contributed by atoms with Crippen molar-refractivity contribution in [2.24, 2.45) is 17.8 Å². The number of hydrogen-bond acceptors (Lipinski definition) is 6. The maximum absolute atomic E-state index is 13.6.